The lowest BCUT2D eigenvalue weighted by atomic mass is 10.0. The van der Waals surface area contributed by atoms with Gasteiger partial charge in [-0.1, -0.05) is 30.3 Å². The van der Waals surface area contributed by atoms with Crippen LogP contribution in [0.15, 0.2) is 90.1 Å². The van der Waals surface area contributed by atoms with Gasteiger partial charge in [0.05, 0.1) is 28.7 Å². The molecule has 42 heavy (non-hydrogen) atoms. The maximum absolute atomic E-state index is 14.4. The zero-order chi connectivity index (χ0) is 29.4. The predicted molar refractivity (Wildman–Crippen MR) is 160 cm³/mol. The first-order chi connectivity index (χ1) is 20.3. The molecule has 0 aliphatic heterocycles. The fraction of sp³-hybridized carbons (Fsp3) is 0.161. The van der Waals surface area contributed by atoms with Crippen molar-refractivity contribution in [3.05, 3.63) is 107 Å². The molecule has 0 saturated heterocycles. The number of rotatable bonds is 7. The van der Waals surface area contributed by atoms with Gasteiger partial charge in [-0.15, -0.1) is 5.10 Å². The molecular weight excluding hydrogens is 532 g/mol. The van der Waals surface area contributed by atoms with Crippen LogP contribution in [0.1, 0.15) is 43.0 Å². The molecule has 0 aliphatic carbocycles. The van der Waals surface area contributed by atoms with Gasteiger partial charge in [-0.2, -0.15) is 0 Å². The minimum Gasteiger partial charge on any atom is -0.475 e. The highest BCUT2D eigenvalue weighted by Gasteiger charge is 2.25. The second-order valence-electron chi connectivity index (χ2n) is 10.0. The Morgan fingerprint density at radius 3 is 2.57 bits per heavy atom. The summed E-state index contributed by atoms with van der Waals surface area (Å²) in [6.07, 6.45) is 4.83. The molecule has 0 fully saturated rings. The van der Waals surface area contributed by atoms with Gasteiger partial charge in [0.1, 0.15) is 11.4 Å². The van der Waals surface area contributed by atoms with E-state index < -0.39 is 11.9 Å². The molecule has 1 atom stereocenters. The molecule has 0 radical (unpaired) electrons. The molecule has 2 aromatic carbocycles. The van der Waals surface area contributed by atoms with E-state index in [0.717, 1.165) is 5.56 Å². The summed E-state index contributed by atoms with van der Waals surface area (Å²) in [7, 11) is 0. The first kappa shape index (κ1) is 26.6. The highest BCUT2D eigenvalue weighted by atomic mass is 16.5. The summed E-state index contributed by atoms with van der Waals surface area (Å²) in [6.45, 7) is 5.62. The zero-order valence-corrected chi connectivity index (χ0v) is 23.2. The Balaban J connectivity index is 1.49. The Bertz CT molecular complexity index is 2000. The average Bonchev–Trinajstić information content (AvgIpc) is 3.32. The monoisotopic (exact) mass is 560 g/mol. The van der Waals surface area contributed by atoms with Crippen LogP contribution in [0.3, 0.4) is 0 Å². The van der Waals surface area contributed by atoms with Crippen molar-refractivity contribution >= 4 is 28.3 Å². The maximum atomic E-state index is 14.4. The molecule has 3 N–H and O–H groups in total. The number of benzene rings is 2. The third-order valence-electron chi connectivity index (χ3n) is 6.72. The number of hydrogen-bond acceptors (Lipinski definition) is 8. The van der Waals surface area contributed by atoms with Gasteiger partial charge in [-0.3, -0.25) is 14.2 Å². The number of nitrogens with two attached hydrogens (primary N) is 1. The Morgan fingerprint density at radius 1 is 0.976 bits per heavy atom. The number of nitrogen functional groups attached to an aromatic ring is 1. The van der Waals surface area contributed by atoms with Crippen LogP contribution in [-0.4, -0.2) is 41.1 Å². The highest BCUT2D eigenvalue weighted by Crippen LogP contribution is 2.29. The minimum absolute atomic E-state index is 0.0492. The van der Waals surface area contributed by atoms with Crippen LogP contribution < -0.4 is 21.3 Å². The van der Waals surface area contributed by atoms with Crippen molar-refractivity contribution in [1.29, 1.82) is 0 Å². The first-order valence-corrected chi connectivity index (χ1v) is 13.5. The summed E-state index contributed by atoms with van der Waals surface area (Å²) in [5.41, 5.74) is 8.84. The molecular formula is C31H28N8O3. The van der Waals surface area contributed by atoms with Crippen LogP contribution in [-0.2, 0) is 0 Å². The zero-order valence-electron chi connectivity index (χ0n) is 23.2. The van der Waals surface area contributed by atoms with Crippen LogP contribution in [0.5, 0.6) is 5.88 Å². The number of carbonyl (C=O) groups excluding carboxylic acids is 1. The Labute approximate surface area is 240 Å². The lowest BCUT2D eigenvalue weighted by Gasteiger charge is -2.20. The van der Waals surface area contributed by atoms with E-state index in [-0.39, 0.29) is 23.0 Å². The van der Waals surface area contributed by atoms with Gasteiger partial charge in [0.2, 0.25) is 5.88 Å². The van der Waals surface area contributed by atoms with Crippen LogP contribution in [0.4, 0.5) is 5.82 Å². The second-order valence-corrected chi connectivity index (χ2v) is 10.0. The van der Waals surface area contributed by atoms with Gasteiger partial charge in [-0.05, 0) is 62.2 Å². The summed E-state index contributed by atoms with van der Waals surface area (Å²) >= 11 is 0. The molecule has 6 rings (SSSR count). The Kier molecular flexibility index (Phi) is 6.83. The van der Waals surface area contributed by atoms with Crippen molar-refractivity contribution in [3.63, 3.8) is 0 Å². The summed E-state index contributed by atoms with van der Waals surface area (Å²) in [5.74, 6) is 0.384. The molecule has 0 saturated carbocycles. The van der Waals surface area contributed by atoms with Crippen molar-refractivity contribution in [2.45, 2.75) is 32.9 Å². The number of fused-ring (bicyclic) bond motifs is 2. The minimum atomic E-state index is -0.691. The summed E-state index contributed by atoms with van der Waals surface area (Å²) < 4.78 is 8.77. The fourth-order valence-electron chi connectivity index (χ4n) is 4.94. The summed E-state index contributed by atoms with van der Waals surface area (Å²) in [6, 6.07) is 19.4. The smallest absolute Gasteiger partial charge is 0.266 e. The Morgan fingerprint density at radius 2 is 1.79 bits per heavy atom. The van der Waals surface area contributed by atoms with Crippen molar-refractivity contribution in [3.8, 4) is 22.7 Å². The van der Waals surface area contributed by atoms with Crippen LogP contribution in [0.2, 0.25) is 0 Å². The van der Waals surface area contributed by atoms with Gasteiger partial charge in [0.25, 0.3) is 11.5 Å². The molecule has 1 amide bonds. The predicted octanol–water partition coefficient (Wildman–Crippen LogP) is 4.35. The number of carbonyl (C=O) groups is 1. The molecule has 11 nitrogen and oxygen atoms in total. The van der Waals surface area contributed by atoms with E-state index in [4.69, 9.17) is 15.5 Å². The standard InChI is InChI=1S/C31H28N8O3/c1-18(2)42-24-17-20(13-15-33-24)22-11-7-12-23-25(22)31(41)39(21-9-5-4-6-10-21)28(36-23)19(3)35-30(40)26-27(32)37-38-16-8-14-34-29(26)38/h4-19H,1-3H3,(H2,32,37)(H,35,40). The van der Waals surface area contributed by atoms with E-state index in [0.29, 0.717) is 39.5 Å². The van der Waals surface area contributed by atoms with E-state index in [1.165, 1.54) is 9.08 Å². The average molecular weight is 561 g/mol. The first-order valence-electron chi connectivity index (χ1n) is 13.5. The molecule has 1 unspecified atom stereocenters. The second kappa shape index (κ2) is 10.8. The van der Waals surface area contributed by atoms with Crippen molar-refractivity contribution < 1.29 is 9.53 Å². The van der Waals surface area contributed by atoms with Crippen molar-refractivity contribution in [1.82, 2.24) is 34.4 Å². The van der Waals surface area contributed by atoms with Crippen LogP contribution in [0, 0.1) is 0 Å². The van der Waals surface area contributed by atoms with Gasteiger partial charge in [0, 0.05) is 24.7 Å². The number of anilines is 1. The molecule has 4 aromatic heterocycles. The van der Waals surface area contributed by atoms with E-state index in [1.54, 1.807) is 37.6 Å². The SMILES string of the molecule is CC(C)Oc1cc(-c2cccc3nc(C(C)NC(=O)c4c(N)nn5cccnc45)n(-c4ccccc4)c(=O)c23)ccn1. The number of amides is 1. The fourth-order valence-corrected chi connectivity index (χ4v) is 4.94. The lowest BCUT2D eigenvalue weighted by Crippen LogP contribution is -2.33. The number of ether oxygens (including phenoxy) is 1. The Hall–Kier alpha value is -5.58. The number of pyridine rings is 1. The van der Waals surface area contributed by atoms with Crippen LogP contribution >= 0.6 is 0 Å². The molecule has 0 aliphatic rings. The largest absolute Gasteiger partial charge is 0.475 e. The van der Waals surface area contributed by atoms with Gasteiger partial charge in [0.15, 0.2) is 11.5 Å². The topological polar surface area (TPSA) is 142 Å². The van der Waals surface area contributed by atoms with Crippen LogP contribution in [0.25, 0.3) is 33.4 Å². The molecule has 210 valence electrons. The highest BCUT2D eigenvalue weighted by molar-refractivity contribution is 6.04. The summed E-state index contributed by atoms with van der Waals surface area (Å²) in [4.78, 5) is 41.3. The molecule has 0 spiro atoms. The maximum Gasteiger partial charge on any atom is 0.266 e. The lowest BCUT2D eigenvalue weighted by molar-refractivity contribution is 0.0940. The molecule has 11 heteroatoms. The van der Waals surface area contributed by atoms with E-state index in [9.17, 15) is 9.59 Å². The number of nitrogens with one attached hydrogen (secondary N) is 1. The number of aromatic nitrogens is 6. The molecule has 0 bridgehead atoms. The molecule has 4 heterocycles. The number of hydrogen-bond donors (Lipinski definition) is 2. The quantitative estimate of drug-likeness (QED) is 0.293. The summed E-state index contributed by atoms with van der Waals surface area (Å²) in [5, 5.41) is 7.56. The van der Waals surface area contributed by atoms with Gasteiger partial charge in [-0.25, -0.2) is 19.5 Å². The van der Waals surface area contributed by atoms with Gasteiger partial charge < -0.3 is 15.8 Å². The van der Waals surface area contributed by atoms with Crippen molar-refractivity contribution in [2.75, 3.05) is 5.73 Å². The van der Waals surface area contributed by atoms with Crippen molar-refractivity contribution in [2.24, 2.45) is 0 Å². The van der Waals surface area contributed by atoms with Gasteiger partial charge >= 0.3 is 0 Å². The third-order valence-corrected chi connectivity index (χ3v) is 6.72. The van der Waals surface area contributed by atoms with E-state index in [1.807, 2.05) is 68.4 Å². The third kappa shape index (κ3) is 4.81. The number of nitrogens with zero attached hydrogens (tertiary/aromatic N) is 6. The number of para-hydroxylation sites is 1. The molecule has 6 aromatic rings. The van der Waals surface area contributed by atoms with E-state index >= 15 is 0 Å². The normalized spacial score (nSPS) is 12.1. The van der Waals surface area contributed by atoms with E-state index in [2.05, 4.69) is 20.4 Å².